The predicted octanol–water partition coefficient (Wildman–Crippen LogP) is 2.93. The van der Waals surface area contributed by atoms with Gasteiger partial charge in [-0.25, -0.2) is 9.59 Å². The zero-order valence-corrected chi connectivity index (χ0v) is 14.8. The van der Waals surface area contributed by atoms with Gasteiger partial charge in [-0.1, -0.05) is 23.7 Å². The van der Waals surface area contributed by atoms with Crippen molar-refractivity contribution in [3.8, 4) is 5.75 Å². The van der Waals surface area contributed by atoms with Gasteiger partial charge in [-0.05, 0) is 30.3 Å². The number of esters is 2. The van der Waals surface area contributed by atoms with Crippen molar-refractivity contribution in [3.63, 3.8) is 0 Å². The van der Waals surface area contributed by atoms with Gasteiger partial charge in [0.15, 0.2) is 6.61 Å². The van der Waals surface area contributed by atoms with Crippen LogP contribution in [0, 0.1) is 0 Å². The summed E-state index contributed by atoms with van der Waals surface area (Å²) in [6.45, 7) is -0.552. The second-order valence-electron chi connectivity index (χ2n) is 5.01. The molecule has 0 heterocycles. The Morgan fingerprint density at radius 3 is 2.27 bits per heavy atom. The highest BCUT2D eigenvalue weighted by Crippen LogP contribution is 2.27. The molecule has 1 amide bonds. The molecule has 0 fully saturated rings. The van der Waals surface area contributed by atoms with Crippen molar-refractivity contribution in [2.45, 2.75) is 0 Å². The fraction of sp³-hybridized carbons (Fsp3) is 0.167. The van der Waals surface area contributed by atoms with Crippen molar-refractivity contribution < 1.29 is 28.6 Å². The van der Waals surface area contributed by atoms with Crippen LogP contribution in [0.4, 0.5) is 5.69 Å². The monoisotopic (exact) mass is 377 g/mol. The molecule has 2 rings (SSSR count). The van der Waals surface area contributed by atoms with E-state index in [9.17, 15) is 14.4 Å². The Bertz CT molecular complexity index is 836. The van der Waals surface area contributed by atoms with Crippen molar-refractivity contribution in [1.29, 1.82) is 0 Å². The van der Waals surface area contributed by atoms with Crippen LogP contribution in [0.5, 0.6) is 5.75 Å². The molecule has 0 radical (unpaired) electrons. The van der Waals surface area contributed by atoms with Crippen molar-refractivity contribution >= 4 is 35.1 Å². The van der Waals surface area contributed by atoms with Gasteiger partial charge < -0.3 is 19.5 Å². The number of halogens is 1. The molecule has 0 spiro atoms. The lowest BCUT2D eigenvalue weighted by Gasteiger charge is -2.11. The maximum atomic E-state index is 12.2. The van der Waals surface area contributed by atoms with E-state index in [1.54, 1.807) is 24.3 Å². The van der Waals surface area contributed by atoms with Gasteiger partial charge in [0, 0.05) is 5.02 Å². The van der Waals surface area contributed by atoms with E-state index in [1.807, 2.05) is 0 Å². The highest BCUT2D eigenvalue weighted by molar-refractivity contribution is 6.31. The predicted molar refractivity (Wildman–Crippen MR) is 94.7 cm³/mol. The molecule has 0 aromatic heterocycles. The highest BCUT2D eigenvalue weighted by Gasteiger charge is 2.19. The normalized spacial score (nSPS) is 9.96. The van der Waals surface area contributed by atoms with E-state index < -0.39 is 24.5 Å². The second-order valence-corrected chi connectivity index (χ2v) is 5.44. The Balaban J connectivity index is 2.03. The molecule has 26 heavy (non-hydrogen) atoms. The van der Waals surface area contributed by atoms with Crippen LogP contribution < -0.4 is 10.1 Å². The number of benzene rings is 2. The smallest absolute Gasteiger partial charge is 0.339 e. The Morgan fingerprint density at radius 1 is 1.00 bits per heavy atom. The van der Waals surface area contributed by atoms with Crippen LogP contribution in [0.2, 0.25) is 5.02 Å². The van der Waals surface area contributed by atoms with Gasteiger partial charge in [0.05, 0.1) is 31.0 Å². The molecule has 0 unspecified atom stereocenters. The van der Waals surface area contributed by atoms with E-state index in [4.69, 9.17) is 21.1 Å². The van der Waals surface area contributed by atoms with E-state index in [0.29, 0.717) is 16.5 Å². The number of rotatable bonds is 6. The molecule has 0 aliphatic rings. The number of anilines is 1. The number of nitrogens with one attached hydrogen (secondary N) is 1. The molecule has 0 bridgehead atoms. The quantitative estimate of drug-likeness (QED) is 0.778. The molecule has 0 atom stereocenters. The number of hydrogen-bond donors (Lipinski definition) is 1. The second kappa shape index (κ2) is 8.87. The Hall–Kier alpha value is -3.06. The van der Waals surface area contributed by atoms with Crippen LogP contribution in [0.25, 0.3) is 0 Å². The first-order valence-electron chi connectivity index (χ1n) is 7.44. The molecule has 2 aromatic rings. The molecule has 1 N–H and O–H groups in total. The summed E-state index contributed by atoms with van der Waals surface area (Å²) in [5.41, 5.74) is 0.403. The molecular weight excluding hydrogens is 362 g/mol. The summed E-state index contributed by atoms with van der Waals surface area (Å²) in [5.74, 6) is -1.68. The van der Waals surface area contributed by atoms with Gasteiger partial charge in [-0.2, -0.15) is 0 Å². The van der Waals surface area contributed by atoms with E-state index in [1.165, 1.54) is 32.4 Å². The first kappa shape index (κ1) is 19.3. The minimum atomic E-state index is -0.820. The SMILES string of the molecule is COC(=O)c1ccccc1C(=O)OCC(=O)Nc1cc(Cl)ccc1OC. The molecule has 0 aliphatic carbocycles. The summed E-state index contributed by atoms with van der Waals surface area (Å²) in [5, 5.41) is 2.95. The maximum Gasteiger partial charge on any atom is 0.339 e. The number of carbonyl (C=O) groups is 3. The molecule has 0 aliphatic heterocycles. The first-order chi connectivity index (χ1) is 12.5. The molecule has 2 aromatic carbocycles. The summed E-state index contributed by atoms with van der Waals surface area (Å²) >= 11 is 5.89. The first-order valence-corrected chi connectivity index (χ1v) is 7.82. The molecule has 0 saturated heterocycles. The molecule has 0 saturated carbocycles. The number of ether oxygens (including phenoxy) is 3. The van der Waals surface area contributed by atoms with Crippen molar-refractivity contribution in [1.82, 2.24) is 0 Å². The molecule has 7 nitrogen and oxygen atoms in total. The zero-order valence-electron chi connectivity index (χ0n) is 14.1. The third kappa shape index (κ3) is 4.73. The third-order valence-corrected chi connectivity index (χ3v) is 3.56. The summed E-state index contributed by atoms with van der Waals surface area (Å²) in [6, 6.07) is 10.7. The van der Waals surface area contributed by atoms with Crippen LogP contribution in [-0.2, 0) is 14.3 Å². The lowest BCUT2D eigenvalue weighted by molar-refractivity contribution is -0.119. The number of methoxy groups -OCH3 is 2. The Labute approximate surface area is 154 Å². The fourth-order valence-corrected chi connectivity index (χ4v) is 2.29. The standard InChI is InChI=1S/C18H16ClNO6/c1-24-15-8-7-11(19)9-14(15)20-16(21)10-26-18(23)13-6-4-3-5-12(13)17(22)25-2/h3-9H,10H2,1-2H3,(H,20,21). The van der Waals surface area contributed by atoms with Gasteiger partial charge >= 0.3 is 11.9 Å². The Kier molecular flexibility index (Phi) is 6.57. The van der Waals surface area contributed by atoms with Crippen molar-refractivity contribution in [2.24, 2.45) is 0 Å². The number of carbonyl (C=O) groups excluding carboxylic acids is 3. The van der Waals surface area contributed by atoms with E-state index in [2.05, 4.69) is 10.1 Å². The van der Waals surface area contributed by atoms with Gasteiger partial charge in [0.25, 0.3) is 5.91 Å². The van der Waals surface area contributed by atoms with Crippen LogP contribution in [0.15, 0.2) is 42.5 Å². The van der Waals surface area contributed by atoms with Crippen molar-refractivity contribution in [2.75, 3.05) is 26.1 Å². The van der Waals surface area contributed by atoms with Gasteiger partial charge in [0.2, 0.25) is 0 Å². The molecular formula is C18H16ClNO6. The Morgan fingerprint density at radius 2 is 1.65 bits per heavy atom. The highest BCUT2D eigenvalue weighted by atomic mass is 35.5. The lowest BCUT2D eigenvalue weighted by Crippen LogP contribution is -2.22. The van der Waals surface area contributed by atoms with Crippen LogP contribution in [0.3, 0.4) is 0 Å². The third-order valence-electron chi connectivity index (χ3n) is 3.32. The maximum absolute atomic E-state index is 12.2. The zero-order chi connectivity index (χ0) is 19.1. The summed E-state index contributed by atoms with van der Waals surface area (Å²) in [6.07, 6.45) is 0. The van der Waals surface area contributed by atoms with Crippen LogP contribution >= 0.6 is 11.6 Å². The topological polar surface area (TPSA) is 90.9 Å². The molecule has 8 heteroatoms. The minimum Gasteiger partial charge on any atom is -0.495 e. The summed E-state index contributed by atoms with van der Waals surface area (Å²) in [7, 11) is 2.65. The minimum absolute atomic E-state index is 0.00693. The lowest BCUT2D eigenvalue weighted by atomic mass is 10.1. The van der Waals surface area contributed by atoms with Crippen molar-refractivity contribution in [3.05, 3.63) is 58.6 Å². The van der Waals surface area contributed by atoms with E-state index in [-0.39, 0.29) is 11.1 Å². The fourth-order valence-electron chi connectivity index (χ4n) is 2.12. The largest absolute Gasteiger partial charge is 0.495 e. The number of amides is 1. The van der Waals surface area contributed by atoms with E-state index in [0.717, 1.165) is 0 Å². The molecule has 136 valence electrons. The number of hydrogen-bond acceptors (Lipinski definition) is 6. The van der Waals surface area contributed by atoms with Gasteiger partial charge in [-0.3, -0.25) is 4.79 Å². The average Bonchev–Trinajstić information content (AvgIpc) is 2.65. The summed E-state index contributed by atoms with van der Waals surface area (Å²) in [4.78, 5) is 35.9. The van der Waals surface area contributed by atoms with Gasteiger partial charge in [-0.15, -0.1) is 0 Å². The van der Waals surface area contributed by atoms with E-state index >= 15 is 0 Å². The van der Waals surface area contributed by atoms with Gasteiger partial charge in [0.1, 0.15) is 5.75 Å². The average molecular weight is 378 g/mol. The van der Waals surface area contributed by atoms with Crippen LogP contribution in [-0.4, -0.2) is 38.7 Å². The van der Waals surface area contributed by atoms with Crippen LogP contribution in [0.1, 0.15) is 20.7 Å². The summed E-state index contributed by atoms with van der Waals surface area (Å²) < 4.78 is 14.7.